The van der Waals surface area contributed by atoms with Gasteiger partial charge in [-0.15, -0.1) is 0 Å². The van der Waals surface area contributed by atoms with Crippen LogP contribution in [0.1, 0.15) is 23.1 Å². The molecule has 0 saturated carbocycles. The molecule has 0 spiro atoms. The van der Waals surface area contributed by atoms with E-state index in [4.69, 9.17) is 9.84 Å². The molecule has 0 radical (unpaired) electrons. The van der Waals surface area contributed by atoms with E-state index in [1.54, 1.807) is 11.7 Å². The molecule has 0 aliphatic heterocycles. The summed E-state index contributed by atoms with van der Waals surface area (Å²) in [7, 11) is 1.61. The summed E-state index contributed by atoms with van der Waals surface area (Å²) < 4.78 is 6.74. The van der Waals surface area contributed by atoms with Crippen LogP contribution < -0.4 is 4.74 Å². The number of methoxy groups -OCH3 is 1. The molecule has 0 aliphatic rings. The summed E-state index contributed by atoms with van der Waals surface area (Å²) >= 11 is 0. The van der Waals surface area contributed by atoms with E-state index in [0.717, 1.165) is 23.4 Å². The first-order valence-electron chi connectivity index (χ1n) is 7.40. The fourth-order valence-electron chi connectivity index (χ4n) is 2.22. The fourth-order valence-corrected chi connectivity index (χ4v) is 2.22. The van der Waals surface area contributed by atoms with Gasteiger partial charge in [-0.2, -0.15) is 0 Å². The van der Waals surface area contributed by atoms with Crippen molar-refractivity contribution >= 4 is 5.97 Å². The van der Waals surface area contributed by atoms with Gasteiger partial charge in [0, 0.05) is 23.5 Å². The summed E-state index contributed by atoms with van der Waals surface area (Å²) in [6.07, 6.45) is 3.60. The van der Waals surface area contributed by atoms with Crippen LogP contribution in [0.3, 0.4) is 0 Å². The van der Waals surface area contributed by atoms with Gasteiger partial charge in [0.05, 0.1) is 7.11 Å². The van der Waals surface area contributed by atoms with Gasteiger partial charge in [-0.1, -0.05) is 6.92 Å². The van der Waals surface area contributed by atoms with E-state index in [0.29, 0.717) is 11.6 Å². The highest BCUT2D eigenvalue weighted by atomic mass is 16.5. The first kappa shape index (κ1) is 15.7. The van der Waals surface area contributed by atoms with Crippen molar-refractivity contribution in [1.82, 2.24) is 19.5 Å². The number of ether oxygens (including phenoxy) is 1. The zero-order valence-electron chi connectivity index (χ0n) is 13.3. The topological polar surface area (TPSA) is 90.1 Å². The minimum Gasteiger partial charge on any atom is -0.497 e. The van der Waals surface area contributed by atoms with Crippen molar-refractivity contribution in [3.05, 3.63) is 54.2 Å². The van der Waals surface area contributed by atoms with Crippen molar-refractivity contribution in [1.29, 1.82) is 0 Å². The van der Waals surface area contributed by atoms with Crippen molar-refractivity contribution < 1.29 is 14.6 Å². The number of benzene rings is 1. The third-order valence-corrected chi connectivity index (χ3v) is 3.54. The SMILES string of the molecule is CCc1cc(-n2cnc(C(=O)O)c2)nc(-c2ccc(OC)cc2)n1. The Morgan fingerprint density at radius 1 is 1.25 bits per heavy atom. The van der Waals surface area contributed by atoms with Crippen molar-refractivity contribution in [3.8, 4) is 23.0 Å². The van der Waals surface area contributed by atoms with E-state index < -0.39 is 5.97 Å². The molecule has 24 heavy (non-hydrogen) atoms. The predicted molar refractivity (Wildman–Crippen MR) is 87.5 cm³/mol. The van der Waals surface area contributed by atoms with Crippen LogP contribution in [0.15, 0.2) is 42.9 Å². The summed E-state index contributed by atoms with van der Waals surface area (Å²) in [5.41, 5.74) is 1.68. The largest absolute Gasteiger partial charge is 0.497 e. The molecule has 1 N–H and O–H groups in total. The lowest BCUT2D eigenvalue weighted by Crippen LogP contribution is -2.02. The molecule has 2 aromatic heterocycles. The lowest BCUT2D eigenvalue weighted by Gasteiger charge is -2.08. The molecule has 0 saturated heterocycles. The van der Waals surface area contributed by atoms with Crippen LogP contribution in [0.25, 0.3) is 17.2 Å². The second-order valence-electron chi connectivity index (χ2n) is 5.09. The van der Waals surface area contributed by atoms with Gasteiger partial charge in [-0.05, 0) is 30.7 Å². The molecule has 0 fully saturated rings. The first-order valence-corrected chi connectivity index (χ1v) is 7.40. The molecular formula is C17H16N4O3. The van der Waals surface area contributed by atoms with Crippen molar-refractivity contribution in [2.24, 2.45) is 0 Å². The Balaban J connectivity index is 2.05. The van der Waals surface area contributed by atoms with E-state index in [-0.39, 0.29) is 5.69 Å². The molecule has 0 amide bonds. The smallest absolute Gasteiger partial charge is 0.356 e. The number of hydrogen-bond acceptors (Lipinski definition) is 5. The number of hydrogen-bond donors (Lipinski definition) is 1. The first-order chi connectivity index (χ1) is 11.6. The summed E-state index contributed by atoms with van der Waals surface area (Å²) in [6, 6.07) is 9.27. The number of aromatic carboxylic acids is 1. The van der Waals surface area contributed by atoms with Crippen LogP contribution in [0.2, 0.25) is 0 Å². The molecule has 0 unspecified atom stereocenters. The van der Waals surface area contributed by atoms with Gasteiger partial charge in [0.15, 0.2) is 11.5 Å². The van der Waals surface area contributed by atoms with Crippen molar-refractivity contribution in [2.45, 2.75) is 13.3 Å². The van der Waals surface area contributed by atoms with Crippen LogP contribution in [-0.2, 0) is 6.42 Å². The van der Waals surface area contributed by atoms with Crippen LogP contribution in [-0.4, -0.2) is 37.7 Å². The normalized spacial score (nSPS) is 10.6. The standard InChI is InChI=1S/C17H16N4O3/c1-3-12-8-15(21-9-14(17(22)23)18-10-21)20-16(19-12)11-4-6-13(24-2)7-5-11/h4-10H,3H2,1-2H3,(H,22,23). The molecule has 7 heteroatoms. The maximum atomic E-state index is 11.0. The second-order valence-corrected chi connectivity index (χ2v) is 5.09. The minimum atomic E-state index is -1.08. The monoisotopic (exact) mass is 324 g/mol. The van der Waals surface area contributed by atoms with E-state index in [1.165, 1.54) is 12.5 Å². The third kappa shape index (κ3) is 3.10. The van der Waals surface area contributed by atoms with Crippen molar-refractivity contribution in [2.75, 3.05) is 7.11 Å². The van der Waals surface area contributed by atoms with Gasteiger partial charge in [0.2, 0.25) is 0 Å². The minimum absolute atomic E-state index is 0.0299. The van der Waals surface area contributed by atoms with Crippen LogP contribution in [0.5, 0.6) is 5.75 Å². The number of aromatic nitrogens is 4. The summed E-state index contributed by atoms with van der Waals surface area (Å²) in [5, 5.41) is 9.01. The predicted octanol–water partition coefficient (Wildman–Crippen LogP) is 2.60. The molecule has 7 nitrogen and oxygen atoms in total. The number of rotatable bonds is 5. The highest BCUT2D eigenvalue weighted by Gasteiger charge is 2.11. The third-order valence-electron chi connectivity index (χ3n) is 3.54. The zero-order chi connectivity index (χ0) is 17.1. The number of nitrogens with zero attached hydrogens (tertiary/aromatic N) is 4. The van der Waals surface area contributed by atoms with Gasteiger partial charge in [-0.25, -0.2) is 19.7 Å². The average molecular weight is 324 g/mol. The summed E-state index contributed by atoms with van der Waals surface area (Å²) in [4.78, 5) is 23.9. The molecule has 3 rings (SSSR count). The van der Waals surface area contributed by atoms with Crippen LogP contribution in [0, 0.1) is 0 Å². The van der Waals surface area contributed by atoms with E-state index >= 15 is 0 Å². The molecule has 3 aromatic rings. The van der Waals surface area contributed by atoms with Gasteiger partial charge in [0.25, 0.3) is 0 Å². The lowest BCUT2D eigenvalue weighted by molar-refractivity contribution is 0.0691. The Hall–Kier alpha value is -3.22. The zero-order valence-corrected chi connectivity index (χ0v) is 13.3. The Kier molecular flexibility index (Phi) is 4.24. The maximum absolute atomic E-state index is 11.0. The van der Waals surface area contributed by atoms with Gasteiger partial charge < -0.3 is 9.84 Å². The van der Waals surface area contributed by atoms with Crippen LogP contribution >= 0.6 is 0 Å². The highest BCUT2D eigenvalue weighted by Crippen LogP contribution is 2.21. The van der Waals surface area contributed by atoms with Crippen molar-refractivity contribution in [3.63, 3.8) is 0 Å². The molecule has 1 aromatic carbocycles. The molecule has 0 bridgehead atoms. The number of aryl methyl sites for hydroxylation is 1. The summed E-state index contributed by atoms with van der Waals surface area (Å²) in [5.74, 6) is 0.825. The Bertz CT molecular complexity index is 872. The molecular weight excluding hydrogens is 308 g/mol. The average Bonchev–Trinajstić information content (AvgIpc) is 3.12. The van der Waals surface area contributed by atoms with E-state index in [1.807, 2.05) is 37.3 Å². The Morgan fingerprint density at radius 2 is 2.00 bits per heavy atom. The Labute approximate surface area is 138 Å². The highest BCUT2D eigenvalue weighted by molar-refractivity contribution is 5.85. The van der Waals surface area contributed by atoms with Gasteiger partial charge in [-0.3, -0.25) is 4.57 Å². The quantitative estimate of drug-likeness (QED) is 0.776. The number of imidazole rings is 1. The number of carbonyl (C=O) groups is 1. The maximum Gasteiger partial charge on any atom is 0.356 e. The molecule has 122 valence electrons. The molecule has 0 aliphatic carbocycles. The molecule has 2 heterocycles. The van der Waals surface area contributed by atoms with Crippen LogP contribution in [0.4, 0.5) is 0 Å². The lowest BCUT2D eigenvalue weighted by atomic mass is 10.2. The van der Waals surface area contributed by atoms with E-state index in [2.05, 4.69) is 15.0 Å². The fraction of sp³-hybridized carbons (Fsp3) is 0.176. The van der Waals surface area contributed by atoms with Gasteiger partial charge in [0.1, 0.15) is 17.9 Å². The number of carboxylic acid groups (broad SMARTS) is 1. The van der Waals surface area contributed by atoms with Gasteiger partial charge >= 0.3 is 5.97 Å². The molecule has 0 atom stereocenters. The summed E-state index contributed by atoms with van der Waals surface area (Å²) in [6.45, 7) is 2.00. The number of carboxylic acids is 1. The van der Waals surface area contributed by atoms with E-state index in [9.17, 15) is 4.79 Å². The second kappa shape index (κ2) is 6.49. The Morgan fingerprint density at radius 3 is 2.58 bits per heavy atom.